The van der Waals surface area contributed by atoms with Crippen LogP contribution in [0.1, 0.15) is 49.2 Å². The highest BCUT2D eigenvalue weighted by Crippen LogP contribution is 2.32. The summed E-state index contributed by atoms with van der Waals surface area (Å²) in [7, 11) is 0. The fourth-order valence-corrected chi connectivity index (χ4v) is 3.43. The predicted octanol–water partition coefficient (Wildman–Crippen LogP) is 4.03. The molecule has 1 aliphatic heterocycles. The first-order valence-electron chi connectivity index (χ1n) is 7.68. The molecule has 0 aliphatic carbocycles. The summed E-state index contributed by atoms with van der Waals surface area (Å²) in [5.41, 5.74) is 0.606. The molecule has 2 unspecified atom stereocenters. The Morgan fingerprint density at radius 2 is 2.05 bits per heavy atom. The summed E-state index contributed by atoms with van der Waals surface area (Å²) in [6.45, 7) is 4.78. The van der Waals surface area contributed by atoms with Gasteiger partial charge in [-0.1, -0.05) is 18.6 Å². The van der Waals surface area contributed by atoms with Gasteiger partial charge < -0.3 is 9.52 Å². The molecule has 3 rings (SSSR count). The smallest absolute Gasteiger partial charge is 0.372 e. The second-order valence-electron chi connectivity index (χ2n) is 6.13. The summed E-state index contributed by atoms with van der Waals surface area (Å²) >= 11 is 0. The summed E-state index contributed by atoms with van der Waals surface area (Å²) in [5, 5.41) is 9.94. The van der Waals surface area contributed by atoms with Crippen molar-refractivity contribution >= 4 is 16.9 Å². The Bertz CT molecular complexity index is 699. The van der Waals surface area contributed by atoms with Crippen molar-refractivity contribution in [2.75, 3.05) is 0 Å². The van der Waals surface area contributed by atoms with Gasteiger partial charge in [-0.2, -0.15) is 0 Å². The summed E-state index contributed by atoms with van der Waals surface area (Å²) < 4.78 is 19.2. The fourth-order valence-electron chi connectivity index (χ4n) is 3.43. The molecule has 0 saturated carbocycles. The Morgan fingerprint density at radius 3 is 2.68 bits per heavy atom. The molecule has 2 heterocycles. The van der Waals surface area contributed by atoms with E-state index in [9.17, 15) is 14.3 Å². The normalized spacial score (nSPS) is 23.0. The summed E-state index contributed by atoms with van der Waals surface area (Å²) in [4.78, 5) is 13.8. The van der Waals surface area contributed by atoms with Crippen LogP contribution in [0, 0.1) is 5.82 Å². The molecule has 1 fully saturated rings. The largest absolute Gasteiger partial charge is 0.475 e. The van der Waals surface area contributed by atoms with E-state index in [0.29, 0.717) is 29.6 Å². The van der Waals surface area contributed by atoms with Gasteiger partial charge in [0, 0.05) is 29.6 Å². The van der Waals surface area contributed by atoms with E-state index in [2.05, 4.69) is 18.7 Å². The molecule has 1 aromatic heterocycles. The van der Waals surface area contributed by atoms with E-state index in [0.717, 1.165) is 12.8 Å². The van der Waals surface area contributed by atoms with Gasteiger partial charge in [0.2, 0.25) is 5.76 Å². The number of rotatable bonds is 3. The Balaban J connectivity index is 2.07. The zero-order chi connectivity index (χ0) is 15.9. The van der Waals surface area contributed by atoms with Crippen molar-refractivity contribution in [3.8, 4) is 0 Å². The van der Waals surface area contributed by atoms with E-state index in [1.54, 1.807) is 12.1 Å². The van der Waals surface area contributed by atoms with Crippen LogP contribution in [0.2, 0.25) is 0 Å². The minimum Gasteiger partial charge on any atom is -0.475 e. The molecule has 0 bridgehead atoms. The maximum atomic E-state index is 13.9. The number of hydrogen-bond donors (Lipinski definition) is 1. The molecule has 2 atom stereocenters. The molecule has 1 saturated heterocycles. The van der Waals surface area contributed by atoms with E-state index in [1.165, 1.54) is 12.5 Å². The van der Waals surface area contributed by atoms with Gasteiger partial charge in [-0.25, -0.2) is 9.18 Å². The molecule has 1 aliphatic rings. The second kappa shape index (κ2) is 5.72. The number of aromatic carboxylic acids is 1. The lowest BCUT2D eigenvalue weighted by atomic mass is 9.96. The number of carbonyl (C=O) groups is 1. The van der Waals surface area contributed by atoms with Crippen LogP contribution in [0.15, 0.2) is 22.6 Å². The van der Waals surface area contributed by atoms with Crippen LogP contribution in [-0.4, -0.2) is 28.1 Å². The van der Waals surface area contributed by atoms with Crippen LogP contribution >= 0.6 is 0 Å². The van der Waals surface area contributed by atoms with Crippen molar-refractivity contribution in [2.24, 2.45) is 0 Å². The number of para-hydroxylation sites is 1. The Labute approximate surface area is 128 Å². The average Bonchev–Trinajstić information content (AvgIpc) is 2.83. The molecule has 4 nitrogen and oxygen atoms in total. The molecule has 0 spiro atoms. The maximum absolute atomic E-state index is 13.9. The highest BCUT2D eigenvalue weighted by atomic mass is 19.1. The SMILES string of the molecule is CC1CCCC(C)N1Cc1c(C(=O)O)oc2c(F)cccc12. The number of furan rings is 1. The van der Waals surface area contributed by atoms with Crippen LogP contribution in [0.5, 0.6) is 0 Å². The third-order valence-corrected chi connectivity index (χ3v) is 4.68. The minimum atomic E-state index is -1.15. The van der Waals surface area contributed by atoms with E-state index < -0.39 is 11.8 Å². The molecular formula is C17H20FNO3. The van der Waals surface area contributed by atoms with E-state index in [-0.39, 0.29) is 11.3 Å². The Kier molecular flexibility index (Phi) is 3.91. The first kappa shape index (κ1) is 15.0. The molecule has 118 valence electrons. The molecule has 0 radical (unpaired) electrons. The van der Waals surface area contributed by atoms with E-state index in [1.807, 2.05) is 0 Å². The number of piperidine rings is 1. The highest BCUT2D eigenvalue weighted by Gasteiger charge is 2.29. The first-order chi connectivity index (χ1) is 10.5. The van der Waals surface area contributed by atoms with Gasteiger partial charge in [-0.15, -0.1) is 0 Å². The number of carboxylic acid groups (broad SMARTS) is 1. The number of nitrogens with zero attached hydrogens (tertiary/aromatic N) is 1. The summed E-state index contributed by atoms with van der Waals surface area (Å²) in [6.07, 6.45) is 3.37. The van der Waals surface area contributed by atoms with Gasteiger partial charge in [0.05, 0.1) is 0 Å². The van der Waals surface area contributed by atoms with Gasteiger partial charge in [-0.3, -0.25) is 4.90 Å². The topological polar surface area (TPSA) is 53.7 Å². The van der Waals surface area contributed by atoms with Crippen molar-refractivity contribution in [3.05, 3.63) is 35.3 Å². The molecule has 1 aromatic carbocycles. The molecule has 5 heteroatoms. The van der Waals surface area contributed by atoms with Gasteiger partial charge in [0.15, 0.2) is 11.4 Å². The van der Waals surface area contributed by atoms with E-state index >= 15 is 0 Å². The van der Waals surface area contributed by atoms with Gasteiger partial charge in [0.1, 0.15) is 0 Å². The monoisotopic (exact) mass is 305 g/mol. The summed E-state index contributed by atoms with van der Waals surface area (Å²) in [6, 6.07) is 5.36. The van der Waals surface area contributed by atoms with Gasteiger partial charge >= 0.3 is 5.97 Å². The van der Waals surface area contributed by atoms with Crippen LogP contribution in [-0.2, 0) is 6.54 Å². The van der Waals surface area contributed by atoms with Crippen LogP contribution in [0.25, 0.3) is 11.0 Å². The highest BCUT2D eigenvalue weighted by molar-refractivity contribution is 5.95. The van der Waals surface area contributed by atoms with E-state index in [4.69, 9.17) is 4.42 Å². The van der Waals surface area contributed by atoms with Crippen molar-refractivity contribution in [1.29, 1.82) is 0 Å². The Morgan fingerprint density at radius 1 is 1.36 bits per heavy atom. The van der Waals surface area contributed by atoms with Crippen molar-refractivity contribution in [1.82, 2.24) is 4.90 Å². The number of likely N-dealkylation sites (tertiary alicyclic amines) is 1. The third-order valence-electron chi connectivity index (χ3n) is 4.68. The van der Waals surface area contributed by atoms with Crippen molar-refractivity contribution in [3.63, 3.8) is 0 Å². The lowest BCUT2D eigenvalue weighted by Gasteiger charge is -2.38. The van der Waals surface area contributed by atoms with Crippen molar-refractivity contribution in [2.45, 2.75) is 51.7 Å². The zero-order valence-electron chi connectivity index (χ0n) is 12.8. The molecular weight excluding hydrogens is 285 g/mol. The second-order valence-corrected chi connectivity index (χ2v) is 6.13. The molecule has 0 amide bonds. The quantitative estimate of drug-likeness (QED) is 0.930. The molecule has 1 N–H and O–H groups in total. The van der Waals surface area contributed by atoms with Crippen molar-refractivity contribution < 1.29 is 18.7 Å². The zero-order valence-corrected chi connectivity index (χ0v) is 12.8. The number of carboxylic acids is 1. The molecule has 2 aromatic rings. The fraction of sp³-hybridized carbons (Fsp3) is 0.471. The first-order valence-corrected chi connectivity index (χ1v) is 7.68. The minimum absolute atomic E-state index is 0.0345. The van der Waals surface area contributed by atoms with Crippen LogP contribution in [0.3, 0.4) is 0 Å². The number of benzene rings is 1. The molecule has 22 heavy (non-hydrogen) atoms. The predicted molar refractivity (Wildman–Crippen MR) is 81.4 cm³/mol. The van der Waals surface area contributed by atoms with Crippen LogP contribution < -0.4 is 0 Å². The Hall–Kier alpha value is -1.88. The average molecular weight is 305 g/mol. The number of hydrogen-bond acceptors (Lipinski definition) is 3. The maximum Gasteiger partial charge on any atom is 0.372 e. The number of fused-ring (bicyclic) bond motifs is 1. The summed E-state index contributed by atoms with van der Waals surface area (Å²) in [5.74, 6) is -1.82. The lowest BCUT2D eigenvalue weighted by Crippen LogP contribution is -2.43. The lowest BCUT2D eigenvalue weighted by molar-refractivity contribution is 0.0651. The third kappa shape index (κ3) is 2.50. The number of halogens is 1. The standard InChI is InChI=1S/C17H20FNO3/c1-10-5-3-6-11(2)19(10)9-13-12-7-4-8-14(18)15(12)22-16(13)17(20)21/h4,7-8,10-11H,3,5-6,9H2,1-2H3,(H,20,21). The van der Waals surface area contributed by atoms with Gasteiger partial charge in [-0.05, 0) is 32.8 Å². The van der Waals surface area contributed by atoms with Crippen LogP contribution in [0.4, 0.5) is 4.39 Å². The van der Waals surface area contributed by atoms with Gasteiger partial charge in [0.25, 0.3) is 0 Å².